The summed E-state index contributed by atoms with van der Waals surface area (Å²) in [4.78, 5) is 13.4. The first-order valence-electron chi connectivity index (χ1n) is 5.46. The summed E-state index contributed by atoms with van der Waals surface area (Å²) in [5, 5.41) is 0. The monoisotopic (exact) mass is 257 g/mol. The zero-order valence-corrected chi connectivity index (χ0v) is 10.4. The Labute approximate surface area is 100 Å². The second kappa shape index (κ2) is 4.52. The van der Waals surface area contributed by atoms with Gasteiger partial charge in [-0.2, -0.15) is 0 Å². The molecule has 0 radical (unpaired) electrons. The van der Waals surface area contributed by atoms with Crippen LogP contribution < -0.4 is 0 Å². The second-order valence-corrected chi connectivity index (χ2v) is 6.55. The molecule has 1 fully saturated rings. The standard InChI is InChI=1S/C11H15NO4S/c1-12(9-4-6-17(14,15)8-9)11(13)7-10-3-2-5-16-10/h2-3,5,9H,4,6-8H2,1H3. The number of rotatable bonds is 3. The van der Waals surface area contributed by atoms with Gasteiger partial charge in [0.2, 0.25) is 5.91 Å². The molecule has 94 valence electrons. The Balaban J connectivity index is 1.96. The van der Waals surface area contributed by atoms with Crippen molar-refractivity contribution in [1.29, 1.82) is 0 Å². The van der Waals surface area contributed by atoms with Gasteiger partial charge in [-0.05, 0) is 18.6 Å². The van der Waals surface area contributed by atoms with Crippen molar-refractivity contribution in [3.63, 3.8) is 0 Å². The van der Waals surface area contributed by atoms with Crippen molar-refractivity contribution in [2.24, 2.45) is 0 Å². The minimum atomic E-state index is -2.95. The number of carbonyl (C=O) groups excluding carboxylic acids is 1. The van der Waals surface area contributed by atoms with Crippen LogP contribution in [0.3, 0.4) is 0 Å². The topological polar surface area (TPSA) is 67.6 Å². The number of likely N-dealkylation sites (N-methyl/N-ethyl adjacent to an activating group) is 1. The third-order valence-electron chi connectivity index (χ3n) is 3.06. The van der Waals surface area contributed by atoms with Crippen LogP contribution in [-0.4, -0.2) is 43.8 Å². The lowest BCUT2D eigenvalue weighted by atomic mass is 10.2. The van der Waals surface area contributed by atoms with Gasteiger partial charge in [0.05, 0.1) is 24.2 Å². The van der Waals surface area contributed by atoms with Gasteiger partial charge >= 0.3 is 0 Å². The quantitative estimate of drug-likeness (QED) is 0.789. The molecule has 17 heavy (non-hydrogen) atoms. The molecule has 1 unspecified atom stereocenters. The van der Waals surface area contributed by atoms with Crippen LogP contribution in [0.5, 0.6) is 0 Å². The highest BCUT2D eigenvalue weighted by atomic mass is 32.2. The minimum absolute atomic E-state index is 0.0768. The molecule has 1 aliphatic rings. The summed E-state index contributed by atoms with van der Waals surface area (Å²) in [7, 11) is -1.30. The van der Waals surface area contributed by atoms with Crippen molar-refractivity contribution in [1.82, 2.24) is 4.90 Å². The molecule has 1 aliphatic heterocycles. The van der Waals surface area contributed by atoms with E-state index in [9.17, 15) is 13.2 Å². The van der Waals surface area contributed by atoms with Crippen LogP contribution >= 0.6 is 0 Å². The fraction of sp³-hybridized carbons (Fsp3) is 0.545. The molecule has 0 aromatic carbocycles. The van der Waals surface area contributed by atoms with E-state index in [0.29, 0.717) is 12.2 Å². The molecule has 1 aromatic rings. The molecule has 1 saturated heterocycles. The molecule has 2 heterocycles. The lowest BCUT2D eigenvalue weighted by Gasteiger charge is -2.22. The maximum Gasteiger partial charge on any atom is 0.230 e. The first-order chi connectivity index (χ1) is 7.98. The molecule has 0 saturated carbocycles. The number of nitrogens with zero attached hydrogens (tertiary/aromatic N) is 1. The molecule has 1 atom stereocenters. The summed E-state index contributed by atoms with van der Waals surface area (Å²) >= 11 is 0. The highest BCUT2D eigenvalue weighted by Crippen LogP contribution is 2.17. The van der Waals surface area contributed by atoms with E-state index >= 15 is 0 Å². The van der Waals surface area contributed by atoms with Crippen LogP contribution in [0.25, 0.3) is 0 Å². The normalized spacial score (nSPS) is 22.5. The number of sulfone groups is 1. The summed E-state index contributed by atoms with van der Waals surface area (Å²) in [6.07, 6.45) is 2.23. The molecule has 6 heteroatoms. The average Bonchev–Trinajstić information content (AvgIpc) is 2.86. The second-order valence-electron chi connectivity index (χ2n) is 4.32. The van der Waals surface area contributed by atoms with Crippen LogP contribution in [0.15, 0.2) is 22.8 Å². The summed E-state index contributed by atoms with van der Waals surface area (Å²) in [5.74, 6) is 0.744. The van der Waals surface area contributed by atoms with Crippen LogP contribution in [0.2, 0.25) is 0 Å². The van der Waals surface area contributed by atoms with Gasteiger partial charge < -0.3 is 9.32 Å². The zero-order valence-electron chi connectivity index (χ0n) is 9.63. The predicted molar refractivity (Wildman–Crippen MR) is 62.2 cm³/mol. The highest BCUT2D eigenvalue weighted by molar-refractivity contribution is 7.91. The van der Waals surface area contributed by atoms with Crippen molar-refractivity contribution in [2.45, 2.75) is 18.9 Å². The SMILES string of the molecule is CN(C(=O)Cc1ccco1)C1CCS(=O)(=O)C1. The summed E-state index contributed by atoms with van der Waals surface area (Å²) in [5.41, 5.74) is 0. The van der Waals surface area contributed by atoms with Gasteiger partial charge in [0.1, 0.15) is 5.76 Å². The van der Waals surface area contributed by atoms with E-state index in [4.69, 9.17) is 4.42 Å². The summed E-state index contributed by atoms with van der Waals surface area (Å²) in [6.45, 7) is 0. The first-order valence-corrected chi connectivity index (χ1v) is 7.28. The van der Waals surface area contributed by atoms with E-state index in [0.717, 1.165) is 0 Å². The third kappa shape index (κ3) is 2.88. The largest absolute Gasteiger partial charge is 0.469 e. The van der Waals surface area contributed by atoms with Gasteiger partial charge in [-0.15, -0.1) is 0 Å². The predicted octanol–water partition coefficient (Wildman–Crippen LogP) is 0.468. The number of amides is 1. The van der Waals surface area contributed by atoms with E-state index in [1.54, 1.807) is 19.2 Å². The molecule has 0 bridgehead atoms. The molecule has 0 spiro atoms. The molecule has 1 amide bonds. The van der Waals surface area contributed by atoms with Gasteiger partial charge in [-0.1, -0.05) is 0 Å². The van der Waals surface area contributed by atoms with Crippen molar-refractivity contribution in [3.05, 3.63) is 24.2 Å². The smallest absolute Gasteiger partial charge is 0.230 e. The maximum absolute atomic E-state index is 11.9. The van der Waals surface area contributed by atoms with Gasteiger partial charge in [0.25, 0.3) is 0 Å². The summed E-state index contributed by atoms with van der Waals surface area (Å²) < 4.78 is 27.7. The zero-order chi connectivity index (χ0) is 12.5. The number of carbonyl (C=O) groups is 1. The average molecular weight is 257 g/mol. The fourth-order valence-electron chi connectivity index (χ4n) is 1.97. The highest BCUT2D eigenvalue weighted by Gasteiger charge is 2.32. The molecular formula is C11H15NO4S. The molecular weight excluding hydrogens is 242 g/mol. The lowest BCUT2D eigenvalue weighted by Crippen LogP contribution is -2.38. The third-order valence-corrected chi connectivity index (χ3v) is 4.81. The van der Waals surface area contributed by atoms with E-state index in [2.05, 4.69) is 0 Å². The Morgan fingerprint density at radius 1 is 1.59 bits per heavy atom. The minimum Gasteiger partial charge on any atom is -0.469 e. The first kappa shape index (κ1) is 12.2. The van der Waals surface area contributed by atoms with Crippen LogP contribution in [0.1, 0.15) is 12.2 Å². The maximum atomic E-state index is 11.9. The molecule has 0 aliphatic carbocycles. The van der Waals surface area contributed by atoms with Crippen molar-refractivity contribution >= 4 is 15.7 Å². The number of hydrogen-bond donors (Lipinski definition) is 0. The van der Waals surface area contributed by atoms with E-state index in [1.807, 2.05) is 0 Å². The van der Waals surface area contributed by atoms with Gasteiger partial charge in [-0.25, -0.2) is 8.42 Å². The van der Waals surface area contributed by atoms with Crippen LogP contribution in [-0.2, 0) is 21.1 Å². The van der Waals surface area contributed by atoms with Crippen molar-refractivity contribution in [3.8, 4) is 0 Å². The van der Waals surface area contributed by atoms with Gasteiger partial charge in [-0.3, -0.25) is 4.79 Å². The Kier molecular flexibility index (Phi) is 3.24. The van der Waals surface area contributed by atoms with Crippen molar-refractivity contribution in [2.75, 3.05) is 18.6 Å². The van der Waals surface area contributed by atoms with E-state index < -0.39 is 9.84 Å². The number of furan rings is 1. The van der Waals surface area contributed by atoms with Crippen LogP contribution in [0, 0.1) is 0 Å². The molecule has 1 aromatic heterocycles. The van der Waals surface area contributed by atoms with Gasteiger partial charge in [0.15, 0.2) is 9.84 Å². The van der Waals surface area contributed by atoms with Gasteiger partial charge in [0, 0.05) is 13.1 Å². The number of hydrogen-bond acceptors (Lipinski definition) is 4. The molecule has 0 N–H and O–H groups in total. The lowest BCUT2D eigenvalue weighted by molar-refractivity contribution is -0.131. The van der Waals surface area contributed by atoms with Crippen molar-refractivity contribution < 1.29 is 17.6 Å². The Morgan fingerprint density at radius 3 is 2.88 bits per heavy atom. The fourth-order valence-corrected chi connectivity index (χ4v) is 3.75. The van der Waals surface area contributed by atoms with E-state index in [-0.39, 0.29) is 29.9 Å². The van der Waals surface area contributed by atoms with Crippen LogP contribution in [0.4, 0.5) is 0 Å². The Hall–Kier alpha value is -1.30. The Morgan fingerprint density at radius 2 is 2.35 bits per heavy atom. The summed E-state index contributed by atoms with van der Waals surface area (Å²) in [6, 6.07) is 3.27. The molecule has 2 rings (SSSR count). The Bertz CT molecular complexity index is 492. The van der Waals surface area contributed by atoms with E-state index in [1.165, 1.54) is 11.2 Å². The molecule has 5 nitrogen and oxygen atoms in total.